The van der Waals surface area contributed by atoms with Gasteiger partial charge in [-0.2, -0.15) is 12.1 Å². The van der Waals surface area contributed by atoms with Gasteiger partial charge in [-0.25, -0.2) is 0 Å². The summed E-state index contributed by atoms with van der Waals surface area (Å²) in [6.45, 7) is 13.3. The number of hydrogen-bond donors (Lipinski definition) is 0. The van der Waals surface area contributed by atoms with Crippen molar-refractivity contribution in [2.75, 3.05) is 0 Å². The maximum absolute atomic E-state index is 5.52. The van der Waals surface area contributed by atoms with Crippen LogP contribution < -0.4 is 0 Å². The normalized spacial score (nSPS) is 10.5. The molecule has 0 aliphatic rings. The van der Waals surface area contributed by atoms with E-state index in [1.807, 2.05) is 24.3 Å². The zero-order valence-electron chi connectivity index (χ0n) is 25.4. The molecule has 0 amide bonds. The van der Waals surface area contributed by atoms with Crippen LogP contribution in [-0.2, 0) is 33.7 Å². The van der Waals surface area contributed by atoms with Crippen LogP contribution in [0.25, 0.3) is 44.2 Å². The van der Waals surface area contributed by atoms with Crippen molar-refractivity contribution < 1.29 is 29.7 Å². The third-order valence-corrected chi connectivity index (χ3v) is 6.48. The van der Waals surface area contributed by atoms with Crippen molar-refractivity contribution in [3.8, 4) is 22.6 Å². The summed E-state index contributed by atoms with van der Waals surface area (Å²) >= 11 is -0.826. The van der Waals surface area contributed by atoms with Crippen molar-refractivity contribution in [1.29, 1.82) is 0 Å². The second-order valence-corrected chi connectivity index (χ2v) is 15.8. The van der Waals surface area contributed by atoms with Gasteiger partial charge in [-0.15, -0.1) is 69.1 Å². The zero-order chi connectivity index (χ0) is 30.5. The van der Waals surface area contributed by atoms with E-state index in [1.54, 1.807) is 12.5 Å². The van der Waals surface area contributed by atoms with Crippen LogP contribution in [0.4, 0.5) is 0 Å². The molecule has 0 atom stereocenters. The fourth-order valence-electron chi connectivity index (χ4n) is 5.07. The Hall–Kier alpha value is -2.10. The second kappa shape index (κ2) is 17.9. The van der Waals surface area contributed by atoms with Gasteiger partial charge in [0.05, 0.1) is 12.5 Å². The number of rotatable bonds is 6. The minimum atomic E-state index is -0.826. The van der Waals surface area contributed by atoms with Crippen molar-refractivity contribution in [1.82, 2.24) is 0 Å². The molecule has 0 aliphatic carbocycles. The van der Waals surface area contributed by atoms with Crippen molar-refractivity contribution in [3.05, 3.63) is 109 Å². The standard InChI is InChI=1S/2C17H17O.C2H6Si.2ClH.Zr/c2*1-12(2)9-13-10-14-5-3-6-15(16(14)11-13)17-7-4-8-18-17;1-3-2;;;/h2*3-8,10-12H,9H2,1-2H3;1-2H3;2*1H;/q2*-1;;;;+4/p-2. The third kappa shape index (κ3) is 9.98. The fraction of sp³-hybridized carbons (Fsp3) is 0.278. The molecule has 2 heterocycles. The van der Waals surface area contributed by atoms with Gasteiger partial charge in [0.2, 0.25) is 0 Å². The van der Waals surface area contributed by atoms with Crippen molar-refractivity contribution in [2.45, 2.75) is 53.6 Å². The molecule has 0 bridgehead atoms. The Labute approximate surface area is 272 Å². The molecule has 6 rings (SSSR count). The number of benzene rings is 2. The molecular weight excluding hydrogens is 655 g/mol. The average Bonchev–Trinajstić information content (AvgIpc) is 3.75. The van der Waals surface area contributed by atoms with Crippen LogP contribution in [0.1, 0.15) is 38.8 Å². The molecule has 42 heavy (non-hydrogen) atoms. The predicted molar refractivity (Wildman–Crippen MR) is 181 cm³/mol. The fourth-order valence-corrected chi connectivity index (χ4v) is 5.07. The topological polar surface area (TPSA) is 26.3 Å². The molecule has 0 N–H and O–H groups in total. The summed E-state index contributed by atoms with van der Waals surface area (Å²) in [6.07, 6.45) is 5.72. The van der Waals surface area contributed by atoms with Gasteiger partial charge in [-0.05, 0) is 60.1 Å². The number of fused-ring (bicyclic) bond motifs is 2. The monoisotopic (exact) mass is 692 g/mol. The Balaban J connectivity index is 0.000000195. The molecule has 218 valence electrons. The third-order valence-electron chi connectivity index (χ3n) is 6.48. The van der Waals surface area contributed by atoms with Gasteiger partial charge in [-0.1, -0.05) is 52.9 Å². The summed E-state index contributed by atoms with van der Waals surface area (Å²) in [4.78, 5) is 0. The molecule has 0 spiro atoms. The van der Waals surface area contributed by atoms with Gasteiger partial charge in [0.1, 0.15) is 11.5 Å². The molecule has 2 aromatic heterocycles. The molecule has 6 aromatic rings. The van der Waals surface area contributed by atoms with E-state index in [4.69, 9.17) is 25.9 Å². The summed E-state index contributed by atoms with van der Waals surface area (Å²) < 4.78 is 11.0. The predicted octanol–water partition coefficient (Wildman–Crippen LogP) is 12.2. The summed E-state index contributed by atoms with van der Waals surface area (Å²) in [6, 6.07) is 29.9. The van der Waals surface area contributed by atoms with Crippen molar-refractivity contribution in [3.63, 3.8) is 0 Å². The first-order chi connectivity index (χ1) is 20.3. The Kier molecular flexibility index (Phi) is 14.6. The Morgan fingerprint density at radius 3 is 1.36 bits per heavy atom. The van der Waals surface area contributed by atoms with Gasteiger partial charge in [0, 0.05) is 9.52 Å². The van der Waals surface area contributed by atoms with Gasteiger partial charge in [0.25, 0.3) is 0 Å². The molecule has 0 saturated carbocycles. The molecule has 2 radical (unpaired) electrons. The molecule has 0 aliphatic heterocycles. The van der Waals surface area contributed by atoms with E-state index in [0.717, 1.165) is 33.9 Å². The van der Waals surface area contributed by atoms with Gasteiger partial charge in [0.15, 0.2) is 0 Å². The van der Waals surface area contributed by atoms with E-state index < -0.39 is 20.8 Å². The summed E-state index contributed by atoms with van der Waals surface area (Å²) in [5.74, 6) is 3.27. The van der Waals surface area contributed by atoms with Crippen LogP contribution in [0.2, 0.25) is 13.1 Å². The van der Waals surface area contributed by atoms with E-state index >= 15 is 0 Å². The zero-order valence-corrected chi connectivity index (χ0v) is 30.3. The molecule has 0 saturated heterocycles. The van der Waals surface area contributed by atoms with E-state index in [2.05, 4.69) is 101 Å². The molecular formula is C36H40Cl2O2SiZr. The van der Waals surface area contributed by atoms with E-state index in [0.29, 0.717) is 11.8 Å². The Bertz CT molecular complexity index is 1460. The number of furan rings is 2. The molecule has 4 aromatic carbocycles. The van der Waals surface area contributed by atoms with Crippen molar-refractivity contribution in [2.24, 2.45) is 11.8 Å². The first kappa shape index (κ1) is 34.4. The molecule has 2 nitrogen and oxygen atoms in total. The van der Waals surface area contributed by atoms with E-state index in [-0.39, 0.29) is 0 Å². The number of halogens is 2. The Morgan fingerprint density at radius 2 is 1.05 bits per heavy atom. The quantitative estimate of drug-likeness (QED) is 0.128. The summed E-state index contributed by atoms with van der Waals surface area (Å²) in [7, 11) is 11.0. The molecule has 6 heteroatoms. The molecule has 0 fully saturated rings. The second-order valence-electron chi connectivity index (χ2n) is 11.1. The molecule has 0 unspecified atom stereocenters. The van der Waals surface area contributed by atoms with E-state index in [1.165, 1.54) is 43.8 Å². The van der Waals surface area contributed by atoms with Crippen LogP contribution in [0.15, 0.2) is 106 Å². The van der Waals surface area contributed by atoms with Crippen LogP contribution in [0, 0.1) is 11.8 Å². The van der Waals surface area contributed by atoms with Gasteiger partial charge < -0.3 is 8.83 Å². The SMILES string of the molecule is CC(C)Cc1cc2c(-c3ccco3)cccc2[cH-]1.CC(C)Cc1cc2c(-c3ccco3)cccc2[cH-]1.C[Si]C.[Cl][Zr+2][Cl]. The minimum absolute atomic E-state index is 0.689. The van der Waals surface area contributed by atoms with E-state index in [9.17, 15) is 0 Å². The Morgan fingerprint density at radius 1 is 0.667 bits per heavy atom. The summed E-state index contributed by atoms with van der Waals surface area (Å²) in [5, 5.41) is 5.20. The summed E-state index contributed by atoms with van der Waals surface area (Å²) in [5.41, 5.74) is 5.21. The van der Waals surface area contributed by atoms with Crippen LogP contribution >= 0.6 is 17.0 Å². The number of hydrogen-bond acceptors (Lipinski definition) is 2. The van der Waals surface area contributed by atoms with Gasteiger partial charge in [-0.3, -0.25) is 0 Å². The van der Waals surface area contributed by atoms with Gasteiger partial charge >= 0.3 is 37.9 Å². The maximum atomic E-state index is 5.52. The first-order valence-corrected chi connectivity index (χ1v) is 22.6. The first-order valence-electron chi connectivity index (χ1n) is 14.3. The van der Waals surface area contributed by atoms with Crippen LogP contribution in [-0.4, -0.2) is 9.52 Å². The average molecular weight is 695 g/mol. The van der Waals surface area contributed by atoms with Crippen LogP contribution in [0.5, 0.6) is 0 Å². The van der Waals surface area contributed by atoms with Crippen LogP contribution in [0.3, 0.4) is 0 Å². The van der Waals surface area contributed by atoms with Crippen molar-refractivity contribution >= 4 is 48.1 Å².